The van der Waals surface area contributed by atoms with Crippen LogP contribution in [0.5, 0.6) is 0 Å². The highest BCUT2D eigenvalue weighted by molar-refractivity contribution is 5.68. The third kappa shape index (κ3) is 1.04. The molecule has 0 bridgehead atoms. The fourth-order valence-electron chi connectivity index (χ4n) is 0.766. The molecular formula is C6H7NO4. The smallest absolute Gasteiger partial charge is 0.429 e. The van der Waals surface area contributed by atoms with Gasteiger partial charge in [-0.3, -0.25) is 0 Å². The van der Waals surface area contributed by atoms with Crippen molar-refractivity contribution in [2.75, 3.05) is 0 Å². The Labute approximate surface area is 61.9 Å². The number of nitrogens with zero attached hydrogens (tertiary/aromatic N) is 1. The molecule has 0 spiro atoms. The molecule has 1 aromatic heterocycles. The van der Waals surface area contributed by atoms with Crippen LogP contribution in [-0.4, -0.2) is 15.8 Å². The number of carbonyl (C=O) groups is 1. The van der Waals surface area contributed by atoms with Gasteiger partial charge in [-0.25, -0.2) is 9.59 Å². The summed E-state index contributed by atoms with van der Waals surface area (Å²) in [6.45, 7) is 3.05. The quantitative estimate of drug-likeness (QED) is 0.598. The number of hydrogen-bond donors (Lipinski definition) is 1. The topological polar surface area (TPSA) is 72.4 Å². The molecule has 11 heavy (non-hydrogen) atoms. The molecule has 1 heterocycles. The first-order valence-electron chi connectivity index (χ1n) is 2.96. The first-order valence-corrected chi connectivity index (χ1v) is 2.96. The Morgan fingerprint density at radius 1 is 1.55 bits per heavy atom. The van der Waals surface area contributed by atoms with E-state index in [0.29, 0.717) is 16.0 Å². The second-order valence-corrected chi connectivity index (χ2v) is 2.13. The molecule has 0 aliphatic heterocycles. The lowest BCUT2D eigenvalue weighted by atomic mass is 10.4. The van der Waals surface area contributed by atoms with E-state index in [9.17, 15) is 9.59 Å². The number of rotatable bonds is 0. The molecule has 0 atom stereocenters. The summed E-state index contributed by atoms with van der Waals surface area (Å²) in [4.78, 5) is 21.1. The molecule has 1 rings (SSSR count). The molecule has 0 saturated carbocycles. The number of aryl methyl sites for hydroxylation is 1. The van der Waals surface area contributed by atoms with Gasteiger partial charge in [-0.2, -0.15) is 4.57 Å². The van der Waals surface area contributed by atoms with Crippen LogP contribution in [0.25, 0.3) is 0 Å². The highest BCUT2D eigenvalue weighted by Gasteiger charge is 2.13. The number of aromatic nitrogens is 1. The molecule has 0 aliphatic carbocycles. The van der Waals surface area contributed by atoms with Crippen molar-refractivity contribution in [1.29, 1.82) is 0 Å². The number of hydrogen-bond acceptors (Lipinski definition) is 3. The van der Waals surface area contributed by atoms with Crippen LogP contribution in [0.15, 0.2) is 9.21 Å². The van der Waals surface area contributed by atoms with E-state index in [1.807, 2.05) is 0 Å². The molecule has 1 aromatic rings. The second kappa shape index (κ2) is 2.26. The summed E-state index contributed by atoms with van der Waals surface area (Å²) in [6, 6.07) is 0. The number of carboxylic acid groups (broad SMARTS) is 1. The van der Waals surface area contributed by atoms with Gasteiger partial charge in [-0.05, 0) is 13.8 Å². The summed E-state index contributed by atoms with van der Waals surface area (Å²) in [7, 11) is 0. The van der Waals surface area contributed by atoms with E-state index in [0.717, 1.165) is 0 Å². The van der Waals surface area contributed by atoms with E-state index in [1.165, 1.54) is 13.8 Å². The van der Waals surface area contributed by atoms with Crippen LogP contribution in [-0.2, 0) is 0 Å². The third-order valence-corrected chi connectivity index (χ3v) is 1.46. The molecule has 0 aliphatic rings. The predicted molar refractivity (Wildman–Crippen MR) is 35.9 cm³/mol. The molecule has 0 amide bonds. The van der Waals surface area contributed by atoms with E-state index >= 15 is 0 Å². The Morgan fingerprint density at radius 2 is 2.09 bits per heavy atom. The van der Waals surface area contributed by atoms with Gasteiger partial charge < -0.3 is 9.52 Å². The van der Waals surface area contributed by atoms with Crippen LogP contribution in [0, 0.1) is 13.8 Å². The van der Waals surface area contributed by atoms with E-state index < -0.39 is 11.8 Å². The van der Waals surface area contributed by atoms with Crippen molar-refractivity contribution in [3.05, 3.63) is 22.0 Å². The summed E-state index contributed by atoms with van der Waals surface area (Å²) >= 11 is 0. The van der Waals surface area contributed by atoms with E-state index in [4.69, 9.17) is 5.11 Å². The monoisotopic (exact) mass is 157 g/mol. The zero-order valence-corrected chi connectivity index (χ0v) is 6.12. The fraction of sp³-hybridized carbons (Fsp3) is 0.333. The summed E-state index contributed by atoms with van der Waals surface area (Å²) < 4.78 is 5.10. The summed E-state index contributed by atoms with van der Waals surface area (Å²) in [5, 5.41) is 8.46. The Hall–Kier alpha value is -1.52. The Balaban J connectivity index is 3.46. The normalized spacial score (nSPS) is 10.0. The van der Waals surface area contributed by atoms with Crippen LogP contribution < -0.4 is 5.76 Å². The minimum Gasteiger partial charge on any atom is -0.464 e. The molecule has 5 heteroatoms. The van der Waals surface area contributed by atoms with Gasteiger partial charge in [0.05, 0.1) is 5.69 Å². The minimum atomic E-state index is -1.32. The van der Waals surface area contributed by atoms with Gasteiger partial charge in [-0.15, -0.1) is 0 Å². The Morgan fingerprint density at radius 3 is 2.27 bits per heavy atom. The summed E-state index contributed by atoms with van der Waals surface area (Å²) in [5.74, 6) is -0.523. The van der Waals surface area contributed by atoms with Crippen molar-refractivity contribution < 1.29 is 14.3 Å². The fourth-order valence-corrected chi connectivity index (χ4v) is 0.766. The molecule has 0 fully saturated rings. The van der Waals surface area contributed by atoms with E-state index in [1.54, 1.807) is 0 Å². The van der Waals surface area contributed by atoms with Gasteiger partial charge in [0.2, 0.25) is 0 Å². The maximum Gasteiger partial charge on any atom is 0.429 e. The van der Waals surface area contributed by atoms with Crippen LogP contribution in [0.3, 0.4) is 0 Å². The molecule has 0 aromatic carbocycles. The van der Waals surface area contributed by atoms with Crippen molar-refractivity contribution in [3.8, 4) is 0 Å². The standard InChI is InChI=1S/C6H7NO4/c1-3-4(2)11-6(10)7(3)5(8)9/h1-2H3,(H,8,9). The zero-order chi connectivity index (χ0) is 8.59. The lowest BCUT2D eigenvalue weighted by Gasteiger charge is -1.91. The predicted octanol–water partition coefficient (Wildman–Crippen LogP) is 0.584. The maximum atomic E-state index is 10.7. The average Bonchev–Trinajstić information content (AvgIpc) is 2.07. The van der Waals surface area contributed by atoms with Gasteiger partial charge in [0.15, 0.2) is 0 Å². The molecule has 5 nitrogen and oxygen atoms in total. The number of oxazole rings is 1. The molecule has 1 N–H and O–H groups in total. The van der Waals surface area contributed by atoms with Crippen molar-refractivity contribution in [2.24, 2.45) is 0 Å². The van der Waals surface area contributed by atoms with Gasteiger partial charge in [0.25, 0.3) is 0 Å². The molecular weight excluding hydrogens is 150 g/mol. The van der Waals surface area contributed by atoms with Crippen molar-refractivity contribution in [3.63, 3.8) is 0 Å². The van der Waals surface area contributed by atoms with Crippen molar-refractivity contribution in [1.82, 2.24) is 4.57 Å². The first kappa shape index (κ1) is 7.59. The summed E-state index contributed by atoms with van der Waals surface area (Å²) in [6.07, 6.45) is -1.32. The lowest BCUT2D eigenvalue weighted by Crippen LogP contribution is -2.22. The average molecular weight is 157 g/mol. The van der Waals surface area contributed by atoms with Crippen molar-refractivity contribution >= 4 is 6.09 Å². The van der Waals surface area contributed by atoms with Gasteiger partial charge in [0, 0.05) is 0 Å². The SMILES string of the molecule is Cc1oc(=O)n(C(=O)O)c1C. The van der Waals surface area contributed by atoms with Crippen LogP contribution in [0.4, 0.5) is 4.79 Å². The molecule has 0 saturated heterocycles. The molecule has 0 unspecified atom stereocenters. The second-order valence-electron chi connectivity index (χ2n) is 2.13. The largest absolute Gasteiger partial charge is 0.464 e. The molecule has 0 radical (unpaired) electrons. The highest BCUT2D eigenvalue weighted by atomic mass is 16.4. The Bertz CT molecular complexity index is 346. The third-order valence-electron chi connectivity index (χ3n) is 1.46. The molecule has 60 valence electrons. The van der Waals surface area contributed by atoms with Crippen molar-refractivity contribution in [2.45, 2.75) is 13.8 Å². The van der Waals surface area contributed by atoms with Gasteiger partial charge in [0.1, 0.15) is 5.76 Å². The van der Waals surface area contributed by atoms with E-state index in [-0.39, 0.29) is 0 Å². The highest BCUT2D eigenvalue weighted by Crippen LogP contribution is 2.02. The first-order chi connectivity index (χ1) is 5.04. The van der Waals surface area contributed by atoms with Gasteiger partial charge in [-0.1, -0.05) is 0 Å². The van der Waals surface area contributed by atoms with Gasteiger partial charge >= 0.3 is 11.8 Å². The Kier molecular flexibility index (Phi) is 1.56. The lowest BCUT2D eigenvalue weighted by molar-refractivity contribution is 0.193. The van der Waals surface area contributed by atoms with E-state index in [2.05, 4.69) is 4.42 Å². The van der Waals surface area contributed by atoms with Crippen LogP contribution in [0.2, 0.25) is 0 Å². The minimum absolute atomic E-state index is 0.322. The van der Waals surface area contributed by atoms with Crippen LogP contribution >= 0.6 is 0 Å². The van der Waals surface area contributed by atoms with Crippen LogP contribution in [0.1, 0.15) is 11.5 Å². The summed E-state index contributed by atoms with van der Waals surface area (Å²) in [5.41, 5.74) is 0.322. The zero-order valence-electron chi connectivity index (χ0n) is 6.12. The maximum absolute atomic E-state index is 10.7.